The van der Waals surface area contributed by atoms with Gasteiger partial charge in [-0.15, -0.1) is 0 Å². The first kappa shape index (κ1) is 14.2. The van der Waals surface area contributed by atoms with Gasteiger partial charge in [-0.25, -0.2) is 4.79 Å². The molecule has 1 aliphatic rings. The first-order valence-corrected chi connectivity index (χ1v) is 6.44. The molecular formula is C14H18N2O4. The lowest BCUT2D eigenvalue weighted by Gasteiger charge is -2.41. The van der Waals surface area contributed by atoms with Gasteiger partial charge in [-0.2, -0.15) is 0 Å². The van der Waals surface area contributed by atoms with Crippen LogP contribution in [-0.2, 0) is 4.79 Å². The summed E-state index contributed by atoms with van der Waals surface area (Å²) in [6.45, 7) is 2.62. The molecule has 1 saturated heterocycles. The third-order valence-corrected chi connectivity index (χ3v) is 3.61. The lowest BCUT2D eigenvalue weighted by molar-refractivity contribution is -0.144. The first-order valence-electron chi connectivity index (χ1n) is 6.44. The number of likely N-dealkylation sites (tertiary alicyclic amines) is 1. The van der Waals surface area contributed by atoms with Crippen LogP contribution in [0.2, 0.25) is 0 Å². The fourth-order valence-electron chi connectivity index (χ4n) is 2.10. The monoisotopic (exact) mass is 278 g/mol. The molecule has 1 aliphatic heterocycles. The lowest BCUT2D eigenvalue weighted by Crippen LogP contribution is -2.54. The van der Waals surface area contributed by atoms with Crippen molar-refractivity contribution < 1.29 is 19.4 Å². The van der Waals surface area contributed by atoms with Gasteiger partial charge in [0.25, 0.3) is 0 Å². The van der Waals surface area contributed by atoms with E-state index in [0.717, 1.165) is 0 Å². The Morgan fingerprint density at radius 1 is 1.45 bits per heavy atom. The Hall–Kier alpha value is -2.24. The Bertz CT molecular complexity index is 512. The van der Waals surface area contributed by atoms with E-state index in [0.29, 0.717) is 24.5 Å². The van der Waals surface area contributed by atoms with Crippen LogP contribution >= 0.6 is 0 Å². The van der Waals surface area contributed by atoms with Gasteiger partial charge in [0.05, 0.1) is 13.0 Å². The number of benzene rings is 1. The highest BCUT2D eigenvalue weighted by atomic mass is 16.5. The summed E-state index contributed by atoms with van der Waals surface area (Å²) < 4.78 is 5.08. The van der Waals surface area contributed by atoms with Crippen molar-refractivity contribution in [1.82, 2.24) is 4.90 Å². The quantitative estimate of drug-likeness (QED) is 0.881. The van der Waals surface area contributed by atoms with Gasteiger partial charge in [0, 0.05) is 30.8 Å². The molecule has 0 aliphatic carbocycles. The van der Waals surface area contributed by atoms with Gasteiger partial charge in [-0.05, 0) is 12.1 Å². The zero-order chi connectivity index (χ0) is 14.7. The van der Waals surface area contributed by atoms with Crippen LogP contribution in [0.1, 0.15) is 6.92 Å². The molecule has 1 fully saturated rings. The largest absolute Gasteiger partial charge is 0.497 e. The molecule has 1 atom stereocenters. The van der Waals surface area contributed by atoms with Gasteiger partial charge in [0.2, 0.25) is 0 Å². The number of rotatable bonds is 4. The summed E-state index contributed by atoms with van der Waals surface area (Å²) in [4.78, 5) is 24.4. The third kappa shape index (κ3) is 3.01. The predicted molar refractivity (Wildman–Crippen MR) is 73.9 cm³/mol. The Morgan fingerprint density at radius 2 is 2.15 bits per heavy atom. The van der Waals surface area contributed by atoms with Gasteiger partial charge in [-0.1, -0.05) is 13.0 Å². The molecule has 1 heterocycles. The maximum Gasteiger partial charge on any atom is 0.321 e. The molecule has 108 valence electrons. The molecule has 0 aromatic heterocycles. The van der Waals surface area contributed by atoms with Crippen LogP contribution in [0.15, 0.2) is 24.3 Å². The van der Waals surface area contributed by atoms with E-state index in [2.05, 4.69) is 5.32 Å². The number of urea groups is 1. The van der Waals surface area contributed by atoms with Crippen molar-refractivity contribution in [2.24, 2.45) is 11.8 Å². The summed E-state index contributed by atoms with van der Waals surface area (Å²) in [5, 5.41) is 11.7. The number of carbonyl (C=O) groups excluding carboxylic acids is 1. The topological polar surface area (TPSA) is 78.9 Å². The van der Waals surface area contributed by atoms with Crippen molar-refractivity contribution >= 4 is 17.7 Å². The predicted octanol–water partition coefficient (Wildman–Crippen LogP) is 1.88. The van der Waals surface area contributed by atoms with Gasteiger partial charge < -0.3 is 20.1 Å². The average Bonchev–Trinajstić information content (AvgIpc) is 2.36. The summed E-state index contributed by atoms with van der Waals surface area (Å²) in [6.07, 6.45) is 0. The first-order chi connectivity index (χ1) is 9.51. The molecule has 6 nitrogen and oxygen atoms in total. The summed E-state index contributed by atoms with van der Waals surface area (Å²) in [7, 11) is 1.56. The maximum absolute atomic E-state index is 12.0. The SMILES string of the molecule is COc1cccc(NC(=O)N2CC(C(C)C(=O)O)C2)c1. The molecule has 2 amide bonds. The van der Waals surface area contributed by atoms with Crippen LogP contribution in [0.4, 0.5) is 10.5 Å². The van der Waals surface area contributed by atoms with Gasteiger partial charge in [0.15, 0.2) is 0 Å². The Morgan fingerprint density at radius 3 is 2.75 bits per heavy atom. The van der Waals surface area contributed by atoms with Crippen LogP contribution in [0.5, 0.6) is 5.75 Å². The molecule has 0 bridgehead atoms. The molecule has 0 saturated carbocycles. The Labute approximate surface area is 117 Å². The van der Waals surface area contributed by atoms with E-state index in [9.17, 15) is 9.59 Å². The second-order valence-corrected chi connectivity index (χ2v) is 4.95. The molecule has 0 radical (unpaired) electrons. The number of amides is 2. The van der Waals surface area contributed by atoms with E-state index in [-0.39, 0.29) is 11.9 Å². The minimum absolute atomic E-state index is 0.0311. The highest BCUT2D eigenvalue weighted by Gasteiger charge is 2.37. The van der Waals surface area contributed by atoms with E-state index < -0.39 is 11.9 Å². The smallest absolute Gasteiger partial charge is 0.321 e. The highest BCUT2D eigenvalue weighted by molar-refractivity contribution is 5.90. The molecule has 2 rings (SSSR count). The van der Waals surface area contributed by atoms with Gasteiger partial charge in [-0.3, -0.25) is 4.79 Å². The minimum Gasteiger partial charge on any atom is -0.497 e. The van der Waals surface area contributed by atoms with Crippen molar-refractivity contribution in [3.8, 4) is 5.75 Å². The third-order valence-electron chi connectivity index (χ3n) is 3.61. The van der Waals surface area contributed by atoms with Crippen molar-refractivity contribution in [3.63, 3.8) is 0 Å². The normalized spacial score (nSPS) is 16.2. The van der Waals surface area contributed by atoms with Crippen molar-refractivity contribution in [2.75, 3.05) is 25.5 Å². The van der Waals surface area contributed by atoms with Crippen molar-refractivity contribution in [3.05, 3.63) is 24.3 Å². The number of hydrogen-bond acceptors (Lipinski definition) is 3. The number of carboxylic acids is 1. The molecule has 2 N–H and O–H groups in total. The number of nitrogens with one attached hydrogen (secondary N) is 1. The second kappa shape index (κ2) is 5.81. The molecule has 1 aromatic rings. The molecule has 1 unspecified atom stereocenters. The zero-order valence-corrected chi connectivity index (χ0v) is 11.5. The van der Waals surface area contributed by atoms with Crippen LogP contribution in [-0.4, -0.2) is 42.2 Å². The number of aliphatic carboxylic acids is 1. The number of ether oxygens (including phenoxy) is 1. The van der Waals surface area contributed by atoms with E-state index >= 15 is 0 Å². The van der Waals surface area contributed by atoms with Crippen LogP contribution < -0.4 is 10.1 Å². The number of hydrogen-bond donors (Lipinski definition) is 2. The second-order valence-electron chi connectivity index (χ2n) is 4.95. The summed E-state index contributed by atoms with van der Waals surface area (Å²) >= 11 is 0. The maximum atomic E-state index is 12.0. The molecule has 6 heteroatoms. The molecular weight excluding hydrogens is 260 g/mol. The van der Waals surface area contributed by atoms with E-state index in [1.54, 1.807) is 43.2 Å². The average molecular weight is 278 g/mol. The van der Waals surface area contributed by atoms with E-state index in [1.165, 1.54) is 0 Å². The van der Waals surface area contributed by atoms with Crippen LogP contribution in [0.25, 0.3) is 0 Å². The summed E-state index contributed by atoms with van der Waals surface area (Å²) in [6, 6.07) is 6.88. The lowest BCUT2D eigenvalue weighted by atomic mass is 9.87. The number of methoxy groups -OCH3 is 1. The number of carboxylic acid groups (broad SMARTS) is 1. The van der Waals surface area contributed by atoms with Crippen LogP contribution in [0.3, 0.4) is 0 Å². The van der Waals surface area contributed by atoms with Crippen LogP contribution in [0, 0.1) is 11.8 Å². The van der Waals surface area contributed by atoms with Gasteiger partial charge in [0.1, 0.15) is 5.75 Å². The minimum atomic E-state index is -0.817. The van der Waals surface area contributed by atoms with E-state index in [1.807, 2.05) is 0 Å². The van der Waals surface area contributed by atoms with Gasteiger partial charge >= 0.3 is 12.0 Å². The van der Waals surface area contributed by atoms with Crippen molar-refractivity contribution in [2.45, 2.75) is 6.92 Å². The zero-order valence-electron chi connectivity index (χ0n) is 11.5. The number of nitrogens with zero attached hydrogens (tertiary/aromatic N) is 1. The summed E-state index contributed by atoms with van der Waals surface area (Å²) in [5.41, 5.74) is 0.657. The Balaban J connectivity index is 1.86. The molecule has 0 spiro atoms. The standard InChI is InChI=1S/C14H18N2O4/c1-9(13(17)18)10-7-16(8-10)14(19)15-11-4-3-5-12(6-11)20-2/h3-6,9-10H,7-8H2,1-2H3,(H,15,19)(H,17,18). The van der Waals surface area contributed by atoms with E-state index in [4.69, 9.17) is 9.84 Å². The number of carbonyl (C=O) groups is 2. The molecule has 20 heavy (non-hydrogen) atoms. The molecule has 1 aromatic carbocycles. The number of anilines is 1. The highest BCUT2D eigenvalue weighted by Crippen LogP contribution is 2.25. The Kier molecular flexibility index (Phi) is 4.12. The fraction of sp³-hybridized carbons (Fsp3) is 0.429. The fourth-order valence-corrected chi connectivity index (χ4v) is 2.10. The van der Waals surface area contributed by atoms with Crippen molar-refractivity contribution in [1.29, 1.82) is 0 Å². The summed E-state index contributed by atoms with van der Waals surface area (Å²) in [5.74, 6) is -0.536.